The Kier molecular flexibility index (Phi) is 5.62. The van der Waals surface area contributed by atoms with E-state index in [4.69, 9.17) is 4.74 Å². The number of hydrogen-bond acceptors (Lipinski definition) is 2. The van der Waals surface area contributed by atoms with Gasteiger partial charge in [0.25, 0.3) is 0 Å². The Morgan fingerprint density at radius 2 is 1.90 bits per heavy atom. The van der Waals surface area contributed by atoms with Gasteiger partial charge in [-0.1, -0.05) is 22.9 Å². The number of halogens is 2. The van der Waals surface area contributed by atoms with Crippen molar-refractivity contribution < 1.29 is 9.13 Å². The lowest BCUT2D eigenvalue weighted by Crippen LogP contribution is -2.08. The van der Waals surface area contributed by atoms with Crippen molar-refractivity contribution >= 4 is 21.6 Å². The second-order valence-corrected chi connectivity index (χ2v) is 5.82. The van der Waals surface area contributed by atoms with Crippen molar-refractivity contribution in [2.45, 2.75) is 26.3 Å². The summed E-state index contributed by atoms with van der Waals surface area (Å²) in [6, 6.07) is 12.6. The van der Waals surface area contributed by atoms with Gasteiger partial charge in [0.05, 0.1) is 12.6 Å². The predicted octanol–water partition coefficient (Wildman–Crippen LogP) is 5.55. The molecule has 1 unspecified atom stereocenters. The maximum absolute atomic E-state index is 13.8. The van der Waals surface area contributed by atoms with Crippen LogP contribution in [0.1, 0.15) is 31.9 Å². The molecule has 0 radical (unpaired) electrons. The highest BCUT2D eigenvalue weighted by Crippen LogP contribution is 2.25. The highest BCUT2D eigenvalue weighted by molar-refractivity contribution is 9.10. The summed E-state index contributed by atoms with van der Waals surface area (Å²) in [4.78, 5) is 0. The van der Waals surface area contributed by atoms with Crippen LogP contribution in [0, 0.1) is 5.82 Å². The molecule has 4 heteroatoms. The largest absolute Gasteiger partial charge is 0.494 e. The molecule has 0 amide bonds. The molecule has 2 rings (SSSR count). The van der Waals surface area contributed by atoms with Crippen molar-refractivity contribution in [1.82, 2.24) is 0 Å². The molecule has 0 aliphatic heterocycles. The van der Waals surface area contributed by atoms with Gasteiger partial charge < -0.3 is 10.1 Å². The third-order valence-corrected chi connectivity index (χ3v) is 3.63. The fourth-order valence-electron chi connectivity index (χ4n) is 2.04. The van der Waals surface area contributed by atoms with E-state index in [1.807, 2.05) is 31.2 Å². The molecular formula is C17H19BrFNO. The minimum atomic E-state index is -0.207. The van der Waals surface area contributed by atoms with Crippen LogP contribution in [0.15, 0.2) is 46.9 Å². The Morgan fingerprint density at radius 1 is 1.19 bits per heavy atom. The van der Waals surface area contributed by atoms with Crippen molar-refractivity contribution in [1.29, 1.82) is 0 Å². The molecule has 2 aromatic carbocycles. The van der Waals surface area contributed by atoms with E-state index in [1.165, 1.54) is 6.07 Å². The first-order valence-corrected chi connectivity index (χ1v) is 7.83. The van der Waals surface area contributed by atoms with Crippen LogP contribution in [0.3, 0.4) is 0 Å². The number of rotatable bonds is 6. The quantitative estimate of drug-likeness (QED) is 0.736. The normalized spacial score (nSPS) is 12.0. The van der Waals surface area contributed by atoms with Crippen LogP contribution in [0.4, 0.5) is 10.1 Å². The maximum Gasteiger partial charge on any atom is 0.128 e. The van der Waals surface area contributed by atoms with Gasteiger partial charge in [-0.25, -0.2) is 4.39 Å². The standard InChI is InChI=1S/C17H19BrFNO/c1-3-10-21-15-7-5-14(6-8-15)20-12(2)16-11-13(18)4-9-17(16)19/h4-9,11-12,20H,3,10H2,1-2H3. The Balaban J connectivity index is 2.05. The lowest BCUT2D eigenvalue weighted by molar-refractivity contribution is 0.317. The molecule has 1 atom stereocenters. The Bertz CT molecular complexity index is 586. The zero-order valence-corrected chi connectivity index (χ0v) is 13.8. The van der Waals surface area contributed by atoms with Gasteiger partial charge in [-0.2, -0.15) is 0 Å². The monoisotopic (exact) mass is 351 g/mol. The SMILES string of the molecule is CCCOc1ccc(NC(C)c2cc(Br)ccc2F)cc1. The van der Waals surface area contributed by atoms with Gasteiger partial charge in [-0.05, 0) is 55.8 Å². The molecule has 0 aliphatic carbocycles. The average molecular weight is 352 g/mol. The summed E-state index contributed by atoms with van der Waals surface area (Å²) in [5, 5.41) is 3.29. The first-order chi connectivity index (χ1) is 10.1. The Labute approximate surface area is 133 Å². The van der Waals surface area contributed by atoms with Gasteiger partial charge in [0.1, 0.15) is 11.6 Å². The van der Waals surface area contributed by atoms with Crippen molar-refractivity contribution in [3.05, 3.63) is 58.3 Å². The zero-order chi connectivity index (χ0) is 15.2. The highest BCUT2D eigenvalue weighted by Gasteiger charge is 2.11. The predicted molar refractivity (Wildman–Crippen MR) is 88.4 cm³/mol. The molecule has 0 spiro atoms. The second-order valence-electron chi connectivity index (χ2n) is 4.90. The molecule has 21 heavy (non-hydrogen) atoms. The van der Waals surface area contributed by atoms with Crippen LogP contribution in [-0.4, -0.2) is 6.61 Å². The smallest absolute Gasteiger partial charge is 0.128 e. The van der Waals surface area contributed by atoms with E-state index in [0.717, 1.165) is 22.3 Å². The molecule has 0 fully saturated rings. The van der Waals surface area contributed by atoms with Crippen LogP contribution >= 0.6 is 15.9 Å². The van der Waals surface area contributed by atoms with E-state index >= 15 is 0 Å². The van der Waals surface area contributed by atoms with Crippen LogP contribution < -0.4 is 10.1 Å². The summed E-state index contributed by atoms with van der Waals surface area (Å²) in [6.07, 6.45) is 0.985. The summed E-state index contributed by atoms with van der Waals surface area (Å²) in [6.45, 7) is 4.73. The van der Waals surface area contributed by atoms with Gasteiger partial charge in [0, 0.05) is 15.7 Å². The lowest BCUT2D eigenvalue weighted by atomic mass is 10.1. The van der Waals surface area contributed by atoms with Gasteiger partial charge in [-0.15, -0.1) is 0 Å². The van der Waals surface area contributed by atoms with Crippen molar-refractivity contribution in [2.75, 3.05) is 11.9 Å². The van der Waals surface area contributed by atoms with Gasteiger partial charge >= 0.3 is 0 Å². The first-order valence-electron chi connectivity index (χ1n) is 7.04. The van der Waals surface area contributed by atoms with Crippen LogP contribution in [-0.2, 0) is 0 Å². The molecule has 1 N–H and O–H groups in total. The number of anilines is 1. The third-order valence-electron chi connectivity index (χ3n) is 3.13. The Morgan fingerprint density at radius 3 is 2.57 bits per heavy atom. The molecule has 2 aromatic rings. The van der Waals surface area contributed by atoms with Gasteiger partial charge in [-0.3, -0.25) is 0 Å². The van der Waals surface area contributed by atoms with E-state index in [9.17, 15) is 4.39 Å². The van der Waals surface area contributed by atoms with E-state index in [1.54, 1.807) is 12.1 Å². The van der Waals surface area contributed by atoms with Crippen molar-refractivity contribution in [3.8, 4) is 5.75 Å². The fourth-order valence-corrected chi connectivity index (χ4v) is 2.42. The summed E-state index contributed by atoms with van der Waals surface area (Å²) in [5.74, 6) is 0.643. The molecule has 0 aromatic heterocycles. The van der Waals surface area contributed by atoms with E-state index in [0.29, 0.717) is 12.2 Å². The molecule has 0 bridgehead atoms. The average Bonchev–Trinajstić information content (AvgIpc) is 2.49. The molecule has 112 valence electrons. The number of ether oxygens (including phenoxy) is 1. The van der Waals surface area contributed by atoms with Crippen LogP contribution in [0.5, 0.6) is 5.75 Å². The maximum atomic E-state index is 13.8. The minimum Gasteiger partial charge on any atom is -0.494 e. The number of benzene rings is 2. The first kappa shape index (κ1) is 15.8. The zero-order valence-electron chi connectivity index (χ0n) is 12.2. The fraction of sp³-hybridized carbons (Fsp3) is 0.294. The van der Waals surface area contributed by atoms with Crippen molar-refractivity contribution in [3.63, 3.8) is 0 Å². The summed E-state index contributed by atoms with van der Waals surface area (Å²) in [5.41, 5.74) is 1.57. The lowest BCUT2D eigenvalue weighted by Gasteiger charge is -2.17. The van der Waals surface area contributed by atoms with Crippen molar-refractivity contribution in [2.24, 2.45) is 0 Å². The molecular weight excluding hydrogens is 333 g/mol. The highest BCUT2D eigenvalue weighted by atomic mass is 79.9. The van der Waals surface area contributed by atoms with Gasteiger partial charge in [0.2, 0.25) is 0 Å². The third kappa shape index (κ3) is 4.46. The molecule has 2 nitrogen and oxygen atoms in total. The molecule has 0 saturated heterocycles. The summed E-state index contributed by atoms with van der Waals surface area (Å²) in [7, 11) is 0. The Hall–Kier alpha value is -1.55. The molecule has 0 aliphatic rings. The van der Waals surface area contributed by atoms with Gasteiger partial charge in [0.15, 0.2) is 0 Å². The number of hydrogen-bond donors (Lipinski definition) is 1. The van der Waals surface area contributed by atoms with E-state index in [-0.39, 0.29) is 11.9 Å². The minimum absolute atomic E-state index is 0.120. The van der Waals surface area contributed by atoms with Crippen LogP contribution in [0.2, 0.25) is 0 Å². The summed E-state index contributed by atoms with van der Waals surface area (Å²) >= 11 is 3.37. The van der Waals surface area contributed by atoms with E-state index in [2.05, 4.69) is 28.2 Å². The number of nitrogens with one attached hydrogen (secondary N) is 1. The molecule has 0 saturated carbocycles. The summed E-state index contributed by atoms with van der Waals surface area (Å²) < 4.78 is 20.3. The topological polar surface area (TPSA) is 21.3 Å². The van der Waals surface area contributed by atoms with Crippen LogP contribution in [0.25, 0.3) is 0 Å². The van der Waals surface area contributed by atoms with E-state index < -0.39 is 0 Å². The molecule has 0 heterocycles. The second kappa shape index (κ2) is 7.46.